The maximum absolute atomic E-state index is 13.2. The third-order valence-corrected chi connectivity index (χ3v) is 4.34. The molecule has 0 aromatic carbocycles. The summed E-state index contributed by atoms with van der Waals surface area (Å²) >= 11 is 0. The molecule has 0 unspecified atom stereocenters. The third kappa shape index (κ3) is 3.36. The van der Waals surface area contributed by atoms with Gasteiger partial charge in [0.05, 0.1) is 0 Å². The minimum absolute atomic E-state index is 0.152. The molecule has 0 N–H and O–H groups in total. The fourth-order valence-corrected chi connectivity index (χ4v) is 2.77. The molecule has 0 aliphatic carbocycles. The number of likely N-dealkylation sites (tertiary alicyclic amines) is 1. The molecule has 1 aromatic rings. The summed E-state index contributed by atoms with van der Waals surface area (Å²) in [6.07, 6.45) is -7.91. The Morgan fingerprint density at radius 3 is 2.12 bits per heavy atom. The molecule has 0 saturated carbocycles. The van der Waals surface area contributed by atoms with Gasteiger partial charge >= 0.3 is 18.3 Å². The van der Waals surface area contributed by atoms with Gasteiger partial charge in [0.2, 0.25) is 0 Å². The molecule has 1 saturated heterocycles. The standard InChI is InChI=1S/C14H17F6N3O/c1-12(2,14(18,19)20)23-10(3-6-21-23)9-4-7-22(8-5-9)11(24)13(15,16)17/h3,6,9H,4-5,7-8H2,1-2H3. The van der Waals surface area contributed by atoms with Crippen molar-refractivity contribution < 1.29 is 31.1 Å². The van der Waals surface area contributed by atoms with Crippen molar-refractivity contribution in [2.45, 2.75) is 50.5 Å². The minimum atomic E-state index is -4.94. The summed E-state index contributed by atoms with van der Waals surface area (Å²) in [5.41, 5.74) is -1.92. The molecule has 0 atom stereocenters. The number of amides is 1. The number of nitrogens with zero attached hydrogens (tertiary/aromatic N) is 3. The smallest absolute Gasteiger partial charge is 0.335 e. The highest BCUT2D eigenvalue weighted by Crippen LogP contribution is 2.39. The van der Waals surface area contributed by atoms with E-state index in [1.165, 1.54) is 12.3 Å². The first-order valence-corrected chi connectivity index (χ1v) is 7.33. The molecule has 0 radical (unpaired) electrons. The second-order valence-electron chi connectivity index (χ2n) is 6.29. The van der Waals surface area contributed by atoms with Crippen LogP contribution < -0.4 is 0 Å². The Kier molecular flexibility index (Phi) is 4.62. The number of halogens is 6. The van der Waals surface area contributed by atoms with Gasteiger partial charge in [-0.25, -0.2) is 0 Å². The lowest BCUT2D eigenvalue weighted by Gasteiger charge is -2.35. The Bertz CT molecular complexity index is 596. The zero-order valence-electron chi connectivity index (χ0n) is 13.1. The third-order valence-electron chi connectivity index (χ3n) is 4.34. The number of hydrogen-bond donors (Lipinski definition) is 0. The summed E-state index contributed by atoms with van der Waals surface area (Å²) < 4.78 is 77.8. The van der Waals surface area contributed by atoms with E-state index in [4.69, 9.17) is 0 Å². The second kappa shape index (κ2) is 5.96. The number of aromatic nitrogens is 2. The van der Waals surface area contributed by atoms with Crippen LogP contribution in [-0.4, -0.2) is 46.0 Å². The lowest BCUT2D eigenvalue weighted by molar-refractivity contribution is -0.206. The number of rotatable bonds is 2. The molecular formula is C14H17F6N3O. The van der Waals surface area contributed by atoms with Gasteiger partial charge in [0.25, 0.3) is 0 Å². The highest BCUT2D eigenvalue weighted by Gasteiger charge is 2.51. The molecule has 1 amide bonds. The van der Waals surface area contributed by atoms with Crippen molar-refractivity contribution in [3.05, 3.63) is 18.0 Å². The molecule has 1 aromatic heterocycles. The van der Waals surface area contributed by atoms with Crippen molar-refractivity contribution in [3.8, 4) is 0 Å². The summed E-state index contributed by atoms with van der Waals surface area (Å²) in [7, 11) is 0. The Morgan fingerprint density at radius 1 is 1.12 bits per heavy atom. The number of alkyl halides is 6. The van der Waals surface area contributed by atoms with E-state index in [2.05, 4.69) is 5.10 Å². The molecule has 1 aliphatic heterocycles. The summed E-state index contributed by atoms with van der Waals surface area (Å²) in [6.45, 7) is 1.68. The number of piperidine rings is 1. The van der Waals surface area contributed by atoms with Crippen molar-refractivity contribution in [3.63, 3.8) is 0 Å². The van der Waals surface area contributed by atoms with Gasteiger partial charge in [-0.05, 0) is 32.8 Å². The largest absolute Gasteiger partial charge is 0.471 e. The van der Waals surface area contributed by atoms with Crippen LogP contribution in [0.1, 0.15) is 38.3 Å². The predicted octanol–water partition coefficient (Wildman–Crippen LogP) is 3.45. The fourth-order valence-electron chi connectivity index (χ4n) is 2.77. The van der Waals surface area contributed by atoms with Crippen LogP contribution >= 0.6 is 0 Å². The van der Waals surface area contributed by atoms with E-state index in [1.807, 2.05) is 0 Å². The number of carbonyl (C=O) groups is 1. The summed E-state index contributed by atoms with van der Waals surface area (Å²) in [4.78, 5) is 11.9. The Labute approximate surface area is 134 Å². The normalized spacial score (nSPS) is 18.1. The molecule has 1 aliphatic rings. The summed E-state index contributed by atoms with van der Waals surface area (Å²) in [5.74, 6) is -2.29. The molecular weight excluding hydrogens is 340 g/mol. The highest BCUT2D eigenvalue weighted by atomic mass is 19.4. The van der Waals surface area contributed by atoms with Crippen LogP contribution in [0.2, 0.25) is 0 Å². The van der Waals surface area contributed by atoms with E-state index in [-0.39, 0.29) is 31.8 Å². The van der Waals surface area contributed by atoms with Crippen LogP contribution in [-0.2, 0) is 10.3 Å². The molecule has 2 heterocycles. The topological polar surface area (TPSA) is 38.1 Å². The molecule has 0 bridgehead atoms. The van der Waals surface area contributed by atoms with Gasteiger partial charge < -0.3 is 4.90 Å². The van der Waals surface area contributed by atoms with Crippen molar-refractivity contribution in [2.75, 3.05) is 13.1 Å². The lowest BCUT2D eigenvalue weighted by Crippen LogP contribution is -2.46. The van der Waals surface area contributed by atoms with Gasteiger partial charge in [-0.15, -0.1) is 0 Å². The van der Waals surface area contributed by atoms with Gasteiger partial charge in [0, 0.05) is 30.9 Å². The van der Waals surface area contributed by atoms with E-state index >= 15 is 0 Å². The fraction of sp³-hybridized carbons (Fsp3) is 0.714. The monoisotopic (exact) mass is 357 g/mol. The summed E-state index contributed by atoms with van der Waals surface area (Å²) in [6, 6.07) is 1.44. The molecule has 2 rings (SSSR count). The average Bonchev–Trinajstić information content (AvgIpc) is 2.94. The van der Waals surface area contributed by atoms with E-state index in [0.29, 0.717) is 10.6 Å². The quantitative estimate of drug-likeness (QED) is 0.761. The maximum Gasteiger partial charge on any atom is 0.471 e. The SMILES string of the molecule is CC(C)(n1nccc1C1CCN(C(=O)C(F)(F)F)CC1)C(F)(F)F. The Morgan fingerprint density at radius 2 is 1.67 bits per heavy atom. The van der Waals surface area contributed by atoms with Crippen LogP contribution in [0.4, 0.5) is 26.3 Å². The van der Waals surface area contributed by atoms with Crippen LogP contribution in [0.3, 0.4) is 0 Å². The van der Waals surface area contributed by atoms with Crippen molar-refractivity contribution in [1.82, 2.24) is 14.7 Å². The van der Waals surface area contributed by atoms with Gasteiger partial charge in [0.1, 0.15) is 0 Å². The lowest BCUT2D eigenvalue weighted by atomic mass is 9.92. The van der Waals surface area contributed by atoms with E-state index in [1.54, 1.807) is 0 Å². The van der Waals surface area contributed by atoms with Crippen LogP contribution in [0.5, 0.6) is 0 Å². The first-order valence-electron chi connectivity index (χ1n) is 7.33. The van der Waals surface area contributed by atoms with Crippen LogP contribution in [0.25, 0.3) is 0 Å². The molecule has 4 nitrogen and oxygen atoms in total. The molecule has 10 heteroatoms. The highest BCUT2D eigenvalue weighted by molar-refractivity contribution is 5.81. The van der Waals surface area contributed by atoms with Gasteiger partial charge in [-0.3, -0.25) is 9.48 Å². The Hall–Kier alpha value is -1.74. The van der Waals surface area contributed by atoms with E-state index in [0.717, 1.165) is 18.5 Å². The van der Waals surface area contributed by atoms with Gasteiger partial charge in [-0.2, -0.15) is 31.4 Å². The first-order chi connectivity index (χ1) is 10.9. The number of carbonyl (C=O) groups excluding carboxylic acids is 1. The van der Waals surface area contributed by atoms with Gasteiger partial charge in [-0.1, -0.05) is 0 Å². The molecule has 24 heavy (non-hydrogen) atoms. The van der Waals surface area contributed by atoms with Crippen LogP contribution in [0, 0.1) is 0 Å². The number of hydrogen-bond acceptors (Lipinski definition) is 2. The van der Waals surface area contributed by atoms with E-state index in [9.17, 15) is 31.1 Å². The molecule has 0 spiro atoms. The van der Waals surface area contributed by atoms with Gasteiger partial charge in [0.15, 0.2) is 5.54 Å². The average molecular weight is 357 g/mol. The predicted molar refractivity (Wildman–Crippen MR) is 72.2 cm³/mol. The van der Waals surface area contributed by atoms with Crippen molar-refractivity contribution in [1.29, 1.82) is 0 Å². The molecule has 136 valence electrons. The van der Waals surface area contributed by atoms with Crippen molar-refractivity contribution >= 4 is 5.91 Å². The molecule has 1 fully saturated rings. The Balaban J connectivity index is 2.15. The minimum Gasteiger partial charge on any atom is -0.335 e. The van der Waals surface area contributed by atoms with Crippen LogP contribution in [0.15, 0.2) is 12.3 Å². The zero-order chi connectivity index (χ0) is 18.3. The summed E-state index contributed by atoms with van der Waals surface area (Å²) in [5, 5.41) is 3.76. The van der Waals surface area contributed by atoms with Crippen molar-refractivity contribution in [2.24, 2.45) is 0 Å². The first kappa shape index (κ1) is 18.6. The zero-order valence-corrected chi connectivity index (χ0v) is 13.1. The second-order valence-corrected chi connectivity index (χ2v) is 6.29. The maximum atomic E-state index is 13.2. The van der Waals surface area contributed by atoms with E-state index < -0.39 is 23.8 Å².